The van der Waals surface area contributed by atoms with Gasteiger partial charge in [0.25, 0.3) is 5.56 Å². The molecule has 14 heavy (non-hydrogen) atoms. The summed E-state index contributed by atoms with van der Waals surface area (Å²) in [7, 11) is 0. The molecular weight excluding hydrogens is 248 g/mol. The van der Waals surface area contributed by atoms with Crippen LogP contribution in [0.25, 0.3) is 0 Å². The van der Waals surface area contributed by atoms with Crippen LogP contribution in [0.5, 0.6) is 0 Å². The molecule has 0 aromatic carbocycles. The second-order valence-corrected chi connectivity index (χ2v) is 3.96. The first-order valence-electron chi connectivity index (χ1n) is 4.57. The molecule has 0 unspecified atom stereocenters. The summed E-state index contributed by atoms with van der Waals surface area (Å²) in [6, 6.07) is 0. The number of aromatic nitrogens is 2. The van der Waals surface area contributed by atoms with Crippen LogP contribution in [-0.4, -0.2) is 9.55 Å². The molecule has 4 nitrogen and oxygen atoms in total. The van der Waals surface area contributed by atoms with Crippen molar-refractivity contribution in [2.75, 3.05) is 0 Å². The molecule has 1 rings (SSSR count). The van der Waals surface area contributed by atoms with Gasteiger partial charge in [0.15, 0.2) is 0 Å². The van der Waals surface area contributed by atoms with E-state index in [4.69, 9.17) is 0 Å². The van der Waals surface area contributed by atoms with Crippen molar-refractivity contribution >= 4 is 15.9 Å². The fraction of sp³-hybridized carbons (Fsp3) is 0.556. The first-order valence-corrected chi connectivity index (χ1v) is 5.36. The summed E-state index contributed by atoms with van der Waals surface area (Å²) in [6.07, 6.45) is 1.95. The lowest BCUT2D eigenvalue weighted by Gasteiger charge is -2.08. The quantitative estimate of drug-likeness (QED) is 0.894. The molecule has 0 spiro atoms. The topological polar surface area (TPSA) is 54.9 Å². The lowest BCUT2D eigenvalue weighted by atomic mass is 10.3. The average molecular weight is 261 g/mol. The number of nitrogens with one attached hydrogen (secondary N) is 1. The van der Waals surface area contributed by atoms with E-state index in [1.54, 1.807) is 11.5 Å². The van der Waals surface area contributed by atoms with Crippen molar-refractivity contribution in [1.29, 1.82) is 0 Å². The average Bonchev–Trinajstić information content (AvgIpc) is 2.14. The zero-order valence-corrected chi connectivity index (χ0v) is 9.85. The Labute approximate surface area is 90.1 Å². The first kappa shape index (κ1) is 11.2. The van der Waals surface area contributed by atoms with Crippen molar-refractivity contribution in [3.8, 4) is 0 Å². The highest BCUT2D eigenvalue weighted by atomic mass is 79.9. The Morgan fingerprint density at radius 3 is 2.64 bits per heavy atom. The third-order valence-corrected chi connectivity index (χ3v) is 3.06. The molecular formula is C9H13BrN2O2. The number of halogens is 1. The standard InChI is InChI=1S/C9H13BrN2O2/c1-3-4-5-12-6(2)7(10)8(13)11-9(12)14/h3-5H2,1-2H3,(H,11,13,14). The summed E-state index contributed by atoms with van der Waals surface area (Å²) in [6.45, 7) is 4.47. The summed E-state index contributed by atoms with van der Waals surface area (Å²) >= 11 is 3.15. The molecule has 1 N–H and O–H groups in total. The van der Waals surface area contributed by atoms with Gasteiger partial charge in [-0.2, -0.15) is 0 Å². The minimum Gasteiger partial charge on any atom is -0.297 e. The van der Waals surface area contributed by atoms with Gasteiger partial charge in [0, 0.05) is 12.2 Å². The van der Waals surface area contributed by atoms with E-state index in [1.165, 1.54) is 0 Å². The van der Waals surface area contributed by atoms with E-state index in [9.17, 15) is 9.59 Å². The Bertz CT molecular complexity index is 433. The van der Waals surface area contributed by atoms with Crippen LogP contribution in [0.2, 0.25) is 0 Å². The summed E-state index contributed by atoms with van der Waals surface area (Å²) in [5, 5.41) is 0. The summed E-state index contributed by atoms with van der Waals surface area (Å²) in [5.41, 5.74) is -0.00315. The number of rotatable bonds is 3. The Morgan fingerprint density at radius 1 is 1.43 bits per heavy atom. The van der Waals surface area contributed by atoms with E-state index < -0.39 is 0 Å². The second kappa shape index (κ2) is 4.59. The maximum atomic E-state index is 11.4. The molecule has 0 aliphatic heterocycles. The van der Waals surface area contributed by atoms with Crippen molar-refractivity contribution in [1.82, 2.24) is 9.55 Å². The molecule has 1 aromatic heterocycles. The molecule has 5 heteroatoms. The van der Waals surface area contributed by atoms with Gasteiger partial charge in [0.05, 0.1) is 0 Å². The van der Waals surface area contributed by atoms with Gasteiger partial charge in [-0.3, -0.25) is 14.3 Å². The van der Waals surface area contributed by atoms with Crippen LogP contribution in [0, 0.1) is 6.92 Å². The predicted octanol–water partition coefficient (Wildman–Crippen LogP) is 1.41. The van der Waals surface area contributed by atoms with Crippen LogP contribution >= 0.6 is 15.9 Å². The molecule has 0 atom stereocenters. The highest BCUT2D eigenvalue weighted by molar-refractivity contribution is 9.10. The van der Waals surface area contributed by atoms with Gasteiger partial charge >= 0.3 is 5.69 Å². The fourth-order valence-corrected chi connectivity index (χ4v) is 1.55. The van der Waals surface area contributed by atoms with Gasteiger partial charge in [0.1, 0.15) is 4.47 Å². The summed E-state index contributed by atoms with van der Waals surface area (Å²) in [5.74, 6) is 0. The van der Waals surface area contributed by atoms with Gasteiger partial charge in [0.2, 0.25) is 0 Å². The van der Waals surface area contributed by atoms with Crippen LogP contribution in [0.3, 0.4) is 0 Å². The fourth-order valence-electron chi connectivity index (χ4n) is 1.24. The molecule has 0 bridgehead atoms. The maximum absolute atomic E-state index is 11.4. The smallest absolute Gasteiger partial charge is 0.297 e. The molecule has 1 heterocycles. The largest absolute Gasteiger partial charge is 0.328 e. The van der Waals surface area contributed by atoms with Crippen molar-refractivity contribution in [2.45, 2.75) is 33.2 Å². The SMILES string of the molecule is CCCCn1c(C)c(Br)c(=O)[nH]c1=O. The van der Waals surface area contributed by atoms with Gasteiger partial charge in [-0.25, -0.2) is 4.79 Å². The predicted molar refractivity (Wildman–Crippen MR) is 58.7 cm³/mol. The van der Waals surface area contributed by atoms with Crippen molar-refractivity contribution in [3.63, 3.8) is 0 Å². The molecule has 0 aliphatic carbocycles. The van der Waals surface area contributed by atoms with Crippen LogP contribution in [0.1, 0.15) is 25.5 Å². The Balaban J connectivity index is 3.23. The van der Waals surface area contributed by atoms with Crippen LogP contribution < -0.4 is 11.2 Å². The highest BCUT2D eigenvalue weighted by Gasteiger charge is 2.07. The lowest BCUT2D eigenvalue weighted by molar-refractivity contribution is 0.579. The lowest BCUT2D eigenvalue weighted by Crippen LogP contribution is -2.32. The zero-order valence-electron chi connectivity index (χ0n) is 8.26. The van der Waals surface area contributed by atoms with Crippen LogP contribution in [0.4, 0.5) is 0 Å². The van der Waals surface area contributed by atoms with Crippen molar-refractivity contribution in [2.24, 2.45) is 0 Å². The third-order valence-electron chi connectivity index (χ3n) is 2.12. The van der Waals surface area contributed by atoms with E-state index in [0.29, 0.717) is 16.7 Å². The molecule has 0 amide bonds. The Morgan fingerprint density at radius 2 is 2.07 bits per heavy atom. The minimum atomic E-state index is -0.361. The van der Waals surface area contributed by atoms with Gasteiger partial charge in [-0.15, -0.1) is 0 Å². The number of nitrogens with zero attached hydrogens (tertiary/aromatic N) is 1. The minimum absolute atomic E-state index is 0.329. The molecule has 78 valence electrons. The van der Waals surface area contributed by atoms with E-state index >= 15 is 0 Å². The molecule has 0 aliphatic rings. The third kappa shape index (κ3) is 2.15. The van der Waals surface area contributed by atoms with E-state index in [-0.39, 0.29) is 11.2 Å². The Hall–Kier alpha value is -0.840. The van der Waals surface area contributed by atoms with E-state index in [2.05, 4.69) is 27.8 Å². The first-order chi connectivity index (χ1) is 6.57. The zero-order chi connectivity index (χ0) is 10.7. The monoisotopic (exact) mass is 260 g/mol. The van der Waals surface area contributed by atoms with Gasteiger partial charge in [-0.1, -0.05) is 13.3 Å². The Kier molecular flexibility index (Phi) is 3.69. The summed E-state index contributed by atoms with van der Waals surface area (Å²) in [4.78, 5) is 24.8. The van der Waals surface area contributed by atoms with Crippen LogP contribution in [0.15, 0.2) is 14.1 Å². The van der Waals surface area contributed by atoms with Gasteiger partial charge < -0.3 is 0 Å². The molecule has 1 aromatic rings. The summed E-state index contributed by atoms with van der Waals surface area (Å²) < 4.78 is 2.02. The van der Waals surface area contributed by atoms with Crippen molar-refractivity contribution < 1.29 is 0 Å². The number of unbranched alkanes of at least 4 members (excludes halogenated alkanes) is 1. The molecule has 0 saturated heterocycles. The van der Waals surface area contributed by atoms with E-state index in [1.807, 2.05) is 0 Å². The van der Waals surface area contributed by atoms with Gasteiger partial charge in [-0.05, 0) is 29.3 Å². The molecule has 0 saturated carbocycles. The number of H-pyrrole nitrogens is 1. The molecule has 0 radical (unpaired) electrons. The van der Waals surface area contributed by atoms with Crippen LogP contribution in [-0.2, 0) is 6.54 Å². The number of hydrogen-bond donors (Lipinski definition) is 1. The highest BCUT2D eigenvalue weighted by Crippen LogP contribution is 2.07. The normalized spacial score (nSPS) is 10.5. The van der Waals surface area contributed by atoms with E-state index in [0.717, 1.165) is 12.8 Å². The number of hydrogen-bond acceptors (Lipinski definition) is 2. The second-order valence-electron chi connectivity index (χ2n) is 3.16. The molecule has 0 fully saturated rings. The number of aromatic amines is 1. The maximum Gasteiger partial charge on any atom is 0.328 e. The van der Waals surface area contributed by atoms with Crippen molar-refractivity contribution in [3.05, 3.63) is 31.0 Å².